The number of nitrogens with zero attached hydrogens (tertiary/aromatic N) is 1. The van der Waals surface area contributed by atoms with E-state index in [0.29, 0.717) is 6.54 Å². The SMILES string of the molecule is Fc1cccc(N2CCNCC(C(F)(F)F)C2)c1F. The molecule has 1 aliphatic rings. The number of hydrogen-bond acceptors (Lipinski definition) is 2. The van der Waals surface area contributed by atoms with E-state index >= 15 is 0 Å². The van der Waals surface area contributed by atoms with Crippen LogP contribution < -0.4 is 10.2 Å². The zero-order valence-corrected chi connectivity index (χ0v) is 9.97. The molecule has 1 saturated heterocycles. The van der Waals surface area contributed by atoms with E-state index in [4.69, 9.17) is 0 Å². The van der Waals surface area contributed by atoms with Crippen LogP contribution in [0.4, 0.5) is 27.6 Å². The number of nitrogens with one attached hydrogen (secondary N) is 1. The third kappa shape index (κ3) is 3.15. The fraction of sp³-hybridized carbons (Fsp3) is 0.500. The lowest BCUT2D eigenvalue weighted by Gasteiger charge is -2.27. The molecule has 1 unspecified atom stereocenters. The zero-order chi connectivity index (χ0) is 14.0. The van der Waals surface area contributed by atoms with Crippen LogP contribution in [0.2, 0.25) is 0 Å². The molecule has 106 valence electrons. The first-order valence-corrected chi connectivity index (χ1v) is 5.86. The van der Waals surface area contributed by atoms with Gasteiger partial charge < -0.3 is 10.2 Å². The Morgan fingerprint density at radius 3 is 2.63 bits per heavy atom. The van der Waals surface area contributed by atoms with Crippen molar-refractivity contribution in [1.29, 1.82) is 0 Å². The average Bonchev–Trinajstić information content (AvgIpc) is 2.58. The first kappa shape index (κ1) is 14.0. The Bertz CT molecular complexity index is 446. The Morgan fingerprint density at radius 2 is 1.95 bits per heavy atom. The number of benzene rings is 1. The largest absolute Gasteiger partial charge is 0.394 e. The first-order valence-electron chi connectivity index (χ1n) is 5.86. The summed E-state index contributed by atoms with van der Waals surface area (Å²) in [6.07, 6.45) is -4.36. The van der Waals surface area contributed by atoms with E-state index in [0.717, 1.165) is 6.07 Å². The number of anilines is 1. The van der Waals surface area contributed by atoms with Crippen LogP contribution in [0.3, 0.4) is 0 Å². The van der Waals surface area contributed by atoms with Crippen molar-refractivity contribution in [1.82, 2.24) is 5.32 Å². The Hall–Kier alpha value is -1.37. The van der Waals surface area contributed by atoms with Gasteiger partial charge in [0.2, 0.25) is 0 Å². The second-order valence-corrected chi connectivity index (χ2v) is 4.46. The summed E-state index contributed by atoms with van der Waals surface area (Å²) in [6.45, 7) is -0.0940. The lowest BCUT2D eigenvalue weighted by molar-refractivity contribution is -0.169. The summed E-state index contributed by atoms with van der Waals surface area (Å²) in [4.78, 5) is 1.23. The van der Waals surface area contributed by atoms with Gasteiger partial charge in [-0.1, -0.05) is 6.07 Å². The third-order valence-corrected chi connectivity index (χ3v) is 3.12. The third-order valence-electron chi connectivity index (χ3n) is 3.12. The molecule has 1 atom stereocenters. The molecule has 0 radical (unpaired) electrons. The molecule has 0 bridgehead atoms. The van der Waals surface area contributed by atoms with Gasteiger partial charge in [-0.15, -0.1) is 0 Å². The minimum atomic E-state index is -4.36. The minimum absolute atomic E-state index is 0.127. The summed E-state index contributed by atoms with van der Waals surface area (Å²) in [6, 6.07) is 3.52. The Morgan fingerprint density at radius 1 is 1.21 bits per heavy atom. The second kappa shape index (κ2) is 5.32. The minimum Gasteiger partial charge on any atom is -0.367 e. The van der Waals surface area contributed by atoms with E-state index in [1.807, 2.05) is 0 Å². The Labute approximate surface area is 107 Å². The van der Waals surface area contributed by atoms with Gasteiger partial charge >= 0.3 is 6.18 Å². The van der Waals surface area contributed by atoms with Crippen LogP contribution in [0.25, 0.3) is 0 Å². The summed E-state index contributed by atoms with van der Waals surface area (Å²) in [5.41, 5.74) is -0.127. The average molecular weight is 280 g/mol. The first-order chi connectivity index (χ1) is 8.89. The van der Waals surface area contributed by atoms with E-state index in [1.54, 1.807) is 0 Å². The summed E-state index contributed by atoms with van der Waals surface area (Å²) < 4.78 is 65.0. The summed E-state index contributed by atoms with van der Waals surface area (Å²) >= 11 is 0. The van der Waals surface area contributed by atoms with Crippen molar-refractivity contribution in [2.24, 2.45) is 5.92 Å². The fourth-order valence-electron chi connectivity index (χ4n) is 2.09. The van der Waals surface area contributed by atoms with Crippen molar-refractivity contribution in [3.05, 3.63) is 29.8 Å². The van der Waals surface area contributed by atoms with E-state index in [-0.39, 0.29) is 25.3 Å². The highest BCUT2D eigenvalue weighted by Gasteiger charge is 2.41. The van der Waals surface area contributed by atoms with E-state index in [1.165, 1.54) is 17.0 Å². The predicted octanol–water partition coefficient (Wildman–Crippen LogP) is 2.55. The molecule has 2 nitrogen and oxygen atoms in total. The number of hydrogen-bond donors (Lipinski definition) is 1. The smallest absolute Gasteiger partial charge is 0.367 e. The van der Waals surface area contributed by atoms with Gasteiger partial charge in [0.25, 0.3) is 0 Å². The maximum absolute atomic E-state index is 13.6. The topological polar surface area (TPSA) is 15.3 Å². The standard InChI is InChI=1S/C12H13F5N2/c13-9-2-1-3-10(11(9)14)19-5-4-18-6-8(7-19)12(15,16)17/h1-3,8,18H,4-7H2. The molecule has 1 aromatic rings. The Balaban J connectivity index is 2.25. The van der Waals surface area contributed by atoms with Gasteiger partial charge in [-0.2, -0.15) is 13.2 Å². The number of rotatable bonds is 1. The molecule has 1 aliphatic heterocycles. The quantitative estimate of drug-likeness (QED) is 0.795. The maximum atomic E-state index is 13.6. The van der Waals surface area contributed by atoms with Crippen LogP contribution in [-0.4, -0.2) is 32.4 Å². The van der Waals surface area contributed by atoms with Crippen molar-refractivity contribution in [3.8, 4) is 0 Å². The lowest BCUT2D eigenvalue weighted by atomic mass is 10.1. The second-order valence-electron chi connectivity index (χ2n) is 4.46. The van der Waals surface area contributed by atoms with Gasteiger partial charge in [0.1, 0.15) is 0 Å². The van der Waals surface area contributed by atoms with Crippen molar-refractivity contribution >= 4 is 5.69 Å². The van der Waals surface area contributed by atoms with Crippen LogP contribution in [0.5, 0.6) is 0 Å². The van der Waals surface area contributed by atoms with Gasteiger partial charge in [0, 0.05) is 26.2 Å². The molecule has 0 aromatic heterocycles. The molecule has 0 spiro atoms. The molecule has 2 rings (SSSR count). The molecular formula is C12H13F5N2. The molecule has 1 aromatic carbocycles. The number of halogens is 5. The van der Waals surface area contributed by atoms with Gasteiger partial charge in [0.15, 0.2) is 11.6 Å². The molecule has 1 heterocycles. The molecular weight excluding hydrogens is 267 g/mol. The maximum Gasteiger partial charge on any atom is 0.394 e. The van der Waals surface area contributed by atoms with Gasteiger partial charge in [0.05, 0.1) is 11.6 Å². The van der Waals surface area contributed by atoms with Crippen LogP contribution in [0.15, 0.2) is 18.2 Å². The normalized spacial score (nSPS) is 21.3. The van der Waals surface area contributed by atoms with E-state index in [2.05, 4.69) is 5.32 Å². The number of alkyl halides is 3. The van der Waals surface area contributed by atoms with Crippen LogP contribution in [0.1, 0.15) is 0 Å². The van der Waals surface area contributed by atoms with Crippen molar-refractivity contribution in [3.63, 3.8) is 0 Å². The lowest BCUT2D eigenvalue weighted by Crippen LogP contribution is -2.38. The Kier molecular flexibility index (Phi) is 3.93. The molecule has 0 amide bonds. The van der Waals surface area contributed by atoms with Crippen LogP contribution in [0, 0.1) is 17.6 Å². The van der Waals surface area contributed by atoms with Crippen LogP contribution in [-0.2, 0) is 0 Å². The molecule has 1 N–H and O–H groups in total. The molecule has 7 heteroatoms. The van der Waals surface area contributed by atoms with Gasteiger partial charge in [-0.25, -0.2) is 8.78 Å². The van der Waals surface area contributed by atoms with Gasteiger partial charge in [-0.3, -0.25) is 0 Å². The van der Waals surface area contributed by atoms with E-state index < -0.39 is 23.7 Å². The van der Waals surface area contributed by atoms with Crippen molar-refractivity contribution < 1.29 is 22.0 Å². The molecule has 1 fully saturated rings. The summed E-state index contributed by atoms with van der Waals surface area (Å²) in [5, 5.41) is 2.66. The molecule has 0 saturated carbocycles. The summed E-state index contributed by atoms with van der Waals surface area (Å²) in [7, 11) is 0. The van der Waals surface area contributed by atoms with Crippen molar-refractivity contribution in [2.75, 3.05) is 31.1 Å². The van der Waals surface area contributed by atoms with Crippen LogP contribution >= 0.6 is 0 Å². The molecule has 0 aliphatic carbocycles. The molecule has 19 heavy (non-hydrogen) atoms. The zero-order valence-electron chi connectivity index (χ0n) is 9.97. The fourth-order valence-corrected chi connectivity index (χ4v) is 2.09. The van der Waals surface area contributed by atoms with E-state index in [9.17, 15) is 22.0 Å². The highest BCUT2D eigenvalue weighted by Crippen LogP contribution is 2.30. The van der Waals surface area contributed by atoms with Gasteiger partial charge in [-0.05, 0) is 12.1 Å². The predicted molar refractivity (Wildman–Crippen MR) is 61.0 cm³/mol. The monoisotopic (exact) mass is 280 g/mol. The highest BCUT2D eigenvalue weighted by molar-refractivity contribution is 5.48. The highest BCUT2D eigenvalue weighted by atomic mass is 19.4. The summed E-state index contributed by atoms with van der Waals surface area (Å²) in [5.74, 6) is -3.76. The van der Waals surface area contributed by atoms with Crippen molar-refractivity contribution in [2.45, 2.75) is 6.18 Å².